The molecule has 0 saturated heterocycles. The number of nitrogens with zero attached hydrogens (tertiary/aromatic N) is 5. The van der Waals surface area contributed by atoms with E-state index in [9.17, 15) is 0 Å². The van der Waals surface area contributed by atoms with Crippen LogP contribution >= 0.6 is 0 Å². The molecule has 7 heteroatoms. The first-order chi connectivity index (χ1) is 25.7. The van der Waals surface area contributed by atoms with Crippen molar-refractivity contribution >= 4 is 7.85 Å². The highest BCUT2D eigenvalue weighted by Gasteiger charge is 2.08. The summed E-state index contributed by atoms with van der Waals surface area (Å²) in [5.74, 6) is 33.0. The summed E-state index contributed by atoms with van der Waals surface area (Å²) in [6.45, 7) is 2.29. The smallest absolute Gasteiger partial charge is 0.136 e. The second kappa shape index (κ2) is 17.9. The molecule has 52 heavy (non-hydrogen) atoms. The van der Waals surface area contributed by atoms with E-state index in [1.807, 2.05) is 85.8 Å². The summed E-state index contributed by atoms with van der Waals surface area (Å²) in [4.78, 5) is 12.4. The van der Waals surface area contributed by atoms with Crippen molar-refractivity contribution in [2.45, 2.75) is 19.7 Å². The monoisotopic (exact) mass is 665 g/mol. The molecule has 0 aliphatic rings. The highest BCUT2D eigenvalue weighted by atomic mass is 16.5. The molecule has 3 aromatic carbocycles. The van der Waals surface area contributed by atoms with Crippen molar-refractivity contribution in [2.75, 3.05) is 6.61 Å². The zero-order valence-electron chi connectivity index (χ0n) is 28.3. The number of aromatic nitrogens is 5. The molecule has 0 amide bonds. The third kappa shape index (κ3) is 9.41. The van der Waals surface area contributed by atoms with Gasteiger partial charge in [0.1, 0.15) is 12.1 Å². The highest BCUT2D eigenvalue weighted by molar-refractivity contribution is 6.08. The van der Waals surface area contributed by atoms with Crippen LogP contribution in [0.1, 0.15) is 67.7 Å². The number of hydrogen-bond donors (Lipinski definition) is 0. The molecule has 0 bridgehead atoms. The SMILES string of the molecule is [B]CCCOc1cccc(C#Cc2ccccc2C#Cc2ccccc2)c1C#Cc1ccncc1C#Cc1cnnc(C)c1C#Cc1cncnc1. The van der Waals surface area contributed by atoms with E-state index in [-0.39, 0.29) is 0 Å². The molecule has 2 radical (unpaired) electrons. The molecule has 0 saturated carbocycles. The minimum absolute atomic E-state index is 0.452. The summed E-state index contributed by atoms with van der Waals surface area (Å²) in [5, 5.41) is 8.27. The third-order valence-corrected chi connectivity index (χ3v) is 7.40. The fourth-order valence-corrected chi connectivity index (χ4v) is 4.75. The van der Waals surface area contributed by atoms with Crippen molar-refractivity contribution in [3.63, 3.8) is 0 Å². The van der Waals surface area contributed by atoms with E-state index in [2.05, 4.69) is 84.4 Å². The van der Waals surface area contributed by atoms with Crippen LogP contribution < -0.4 is 4.74 Å². The topological polar surface area (TPSA) is 73.7 Å². The number of pyridine rings is 1. The second-order valence-corrected chi connectivity index (χ2v) is 11.1. The van der Waals surface area contributed by atoms with Crippen LogP contribution in [0.5, 0.6) is 5.75 Å². The molecule has 0 aliphatic carbocycles. The number of rotatable bonds is 4. The van der Waals surface area contributed by atoms with Gasteiger partial charge in [-0.25, -0.2) is 9.97 Å². The lowest BCUT2D eigenvalue weighted by Gasteiger charge is -2.09. The van der Waals surface area contributed by atoms with E-state index < -0.39 is 0 Å². The van der Waals surface area contributed by atoms with E-state index in [1.165, 1.54) is 6.33 Å². The first-order valence-corrected chi connectivity index (χ1v) is 16.4. The highest BCUT2D eigenvalue weighted by Crippen LogP contribution is 2.22. The van der Waals surface area contributed by atoms with Crippen LogP contribution in [0, 0.1) is 66.1 Å². The van der Waals surface area contributed by atoms with Crippen LogP contribution in [0.25, 0.3) is 0 Å². The molecular formula is C45H28BN5O. The molecule has 0 unspecified atom stereocenters. The van der Waals surface area contributed by atoms with Gasteiger partial charge in [-0.05, 0) is 55.8 Å². The Hall–Kier alpha value is -7.37. The predicted octanol–water partition coefficient (Wildman–Crippen LogP) is 6.32. The Kier molecular flexibility index (Phi) is 11.9. The average Bonchev–Trinajstić information content (AvgIpc) is 3.19. The molecule has 242 valence electrons. The summed E-state index contributed by atoms with van der Waals surface area (Å²) in [6, 6.07) is 25.3. The molecule has 3 aromatic heterocycles. The van der Waals surface area contributed by atoms with Crippen molar-refractivity contribution in [3.8, 4) is 65.0 Å². The van der Waals surface area contributed by atoms with Crippen molar-refractivity contribution in [1.29, 1.82) is 0 Å². The molecular weight excluding hydrogens is 637 g/mol. The third-order valence-electron chi connectivity index (χ3n) is 7.40. The van der Waals surface area contributed by atoms with Gasteiger partial charge in [0.15, 0.2) is 0 Å². The second-order valence-electron chi connectivity index (χ2n) is 11.1. The van der Waals surface area contributed by atoms with Crippen LogP contribution in [-0.2, 0) is 0 Å². The Morgan fingerprint density at radius 3 is 1.98 bits per heavy atom. The van der Waals surface area contributed by atoms with E-state index >= 15 is 0 Å². The zero-order chi connectivity index (χ0) is 35.8. The standard InChI is InChI=1S/C45H28BN5O/c1-34-43(23-16-36-29-48-33-49-30-36)42(32-50-51-34)21-20-41-31-47-27-25-39(41)22-24-44-40(13-7-14-45(44)52-28-8-26-46)19-18-38-12-6-5-11-37(38)17-15-35-9-3-2-4-10-35/h2-7,9-14,25,27,29-33H,8,26,28H2,1H3. The molecule has 0 atom stereocenters. The molecule has 6 nitrogen and oxygen atoms in total. The van der Waals surface area contributed by atoms with Gasteiger partial charge in [-0.2, -0.15) is 10.2 Å². The Bertz CT molecular complexity index is 2530. The lowest BCUT2D eigenvalue weighted by Crippen LogP contribution is -2.00. The molecule has 0 spiro atoms. The van der Waals surface area contributed by atoms with Gasteiger partial charge in [-0.1, -0.05) is 102 Å². The van der Waals surface area contributed by atoms with Gasteiger partial charge < -0.3 is 4.74 Å². The maximum Gasteiger partial charge on any atom is 0.136 e. The van der Waals surface area contributed by atoms with Gasteiger partial charge in [0.2, 0.25) is 0 Å². The maximum atomic E-state index is 6.14. The Labute approximate surface area is 305 Å². The summed E-state index contributed by atoms with van der Waals surface area (Å²) < 4.78 is 6.14. The average molecular weight is 666 g/mol. The van der Waals surface area contributed by atoms with Crippen LogP contribution in [-0.4, -0.2) is 39.6 Å². The quantitative estimate of drug-likeness (QED) is 0.125. The summed E-state index contributed by atoms with van der Waals surface area (Å²) in [5.41, 5.74) is 7.93. The van der Waals surface area contributed by atoms with Crippen molar-refractivity contribution < 1.29 is 4.74 Å². The van der Waals surface area contributed by atoms with E-state index in [0.717, 1.165) is 22.3 Å². The number of ether oxygens (including phenoxy) is 1. The van der Waals surface area contributed by atoms with Gasteiger partial charge in [0, 0.05) is 52.6 Å². The lowest BCUT2D eigenvalue weighted by atomic mass is 10.0. The van der Waals surface area contributed by atoms with Crippen molar-refractivity contribution in [2.24, 2.45) is 0 Å². The van der Waals surface area contributed by atoms with Crippen molar-refractivity contribution in [1.82, 2.24) is 25.1 Å². The lowest BCUT2D eigenvalue weighted by molar-refractivity contribution is 0.316. The van der Waals surface area contributed by atoms with Gasteiger partial charge in [-0.3, -0.25) is 4.98 Å². The minimum atomic E-state index is 0.452. The summed E-state index contributed by atoms with van der Waals surface area (Å²) in [7, 11) is 5.75. The van der Waals surface area contributed by atoms with E-state index in [1.54, 1.807) is 31.0 Å². The number of benzene rings is 3. The van der Waals surface area contributed by atoms with E-state index in [4.69, 9.17) is 12.6 Å². The molecule has 3 heterocycles. The van der Waals surface area contributed by atoms with Crippen LogP contribution in [0.2, 0.25) is 6.32 Å². The van der Waals surface area contributed by atoms with Gasteiger partial charge >= 0.3 is 0 Å². The maximum absolute atomic E-state index is 6.14. The first kappa shape index (κ1) is 34.5. The number of hydrogen-bond acceptors (Lipinski definition) is 6. The zero-order valence-corrected chi connectivity index (χ0v) is 28.3. The summed E-state index contributed by atoms with van der Waals surface area (Å²) >= 11 is 0. The molecule has 0 aliphatic heterocycles. The number of aryl methyl sites for hydroxylation is 1. The summed E-state index contributed by atoms with van der Waals surface area (Å²) in [6.07, 6.45) is 10.9. The normalized spacial score (nSPS) is 9.56. The van der Waals surface area contributed by atoms with E-state index in [0.29, 0.717) is 64.2 Å². The van der Waals surface area contributed by atoms with Crippen LogP contribution in [0.15, 0.2) is 116 Å². The first-order valence-electron chi connectivity index (χ1n) is 16.4. The Morgan fingerprint density at radius 2 is 1.17 bits per heavy atom. The van der Waals surface area contributed by atoms with Crippen molar-refractivity contribution in [3.05, 3.63) is 178 Å². The van der Waals surface area contributed by atoms with Gasteiger partial charge in [0.25, 0.3) is 0 Å². The van der Waals surface area contributed by atoms with Crippen LogP contribution in [0.3, 0.4) is 0 Å². The van der Waals surface area contributed by atoms with Gasteiger partial charge in [0.05, 0.1) is 54.2 Å². The predicted molar refractivity (Wildman–Crippen MR) is 203 cm³/mol. The van der Waals surface area contributed by atoms with Crippen LogP contribution in [0.4, 0.5) is 0 Å². The Morgan fingerprint density at radius 1 is 0.538 bits per heavy atom. The fourth-order valence-electron chi connectivity index (χ4n) is 4.75. The molecule has 6 rings (SSSR count). The minimum Gasteiger partial charge on any atom is -0.492 e. The van der Waals surface area contributed by atoms with Gasteiger partial charge in [-0.15, -0.1) is 0 Å². The Balaban J connectivity index is 1.36. The molecule has 0 N–H and O–H groups in total. The molecule has 6 aromatic rings. The largest absolute Gasteiger partial charge is 0.492 e. The molecule has 0 fully saturated rings. The fraction of sp³-hybridized carbons (Fsp3) is 0.0889.